The molecule has 0 spiro atoms. The topological polar surface area (TPSA) is 50.5 Å². The molecule has 3 aromatic rings. The van der Waals surface area contributed by atoms with E-state index in [0.29, 0.717) is 12.4 Å². The Kier molecular flexibility index (Phi) is 4.23. The molecule has 6 heteroatoms. The molecule has 0 atom stereocenters. The minimum atomic E-state index is 0.224. The molecule has 0 aliphatic carbocycles. The van der Waals surface area contributed by atoms with Crippen molar-refractivity contribution in [3.8, 4) is 21.9 Å². The Labute approximate surface area is 151 Å². The second-order valence-electron chi connectivity index (χ2n) is 6.48. The molecule has 0 unspecified atom stereocenters. The number of phenolic OH excluding ortho intramolecular Hbond substituents is 1. The van der Waals surface area contributed by atoms with Crippen LogP contribution in [0.1, 0.15) is 16.0 Å². The van der Waals surface area contributed by atoms with Gasteiger partial charge in [-0.2, -0.15) is 5.10 Å². The number of aryl methyl sites for hydroxylation is 2. The molecule has 0 saturated heterocycles. The highest BCUT2D eigenvalue weighted by Gasteiger charge is 2.20. The van der Waals surface area contributed by atoms with Gasteiger partial charge in [-0.3, -0.25) is 9.58 Å². The van der Waals surface area contributed by atoms with E-state index in [4.69, 9.17) is 4.74 Å². The number of thiophene rings is 1. The summed E-state index contributed by atoms with van der Waals surface area (Å²) in [6.07, 6.45) is 3.93. The van der Waals surface area contributed by atoms with Crippen molar-refractivity contribution in [2.24, 2.45) is 7.05 Å². The number of phenols is 1. The van der Waals surface area contributed by atoms with E-state index >= 15 is 0 Å². The molecule has 0 fully saturated rings. The van der Waals surface area contributed by atoms with E-state index in [2.05, 4.69) is 35.1 Å². The van der Waals surface area contributed by atoms with Gasteiger partial charge in [0.2, 0.25) is 0 Å². The number of benzene rings is 1. The number of hydrogen-bond donors (Lipinski definition) is 1. The summed E-state index contributed by atoms with van der Waals surface area (Å²) in [6.45, 7) is 5.04. The standard InChI is InChI=1S/C19H21N3O2S/c1-13-3-4-18(25-13)15-7-16-12-22(11-14-9-20-21(2)10-14)5-6-24-19(16)17(23)8-15/h3-4,7-10,23H,5-6,11-12H2,1-2H3. The van der Waals surface area contributed by atoms with Crippen molar-refractivity contribution in [1.82, 2.24) is 14.7 Å². The molecule has 0 saturated carbocycles. The third-order valence-corrected chi connectivity index (χ3v) is 5.43. The summed E-state index contributed by atoms with van der Waals surface area (Å²) < 4.78 is 7.66. The quantitative estimate of drug-likeness (QED) is 0.780. The predicted molar refractivity (Wildman–Crippen MR) is 99.0 cm³/mol. The van der Waals surface area contributed by atoms with E-state index in [1.54, 1.807) is 17.4 Å². The lowest BCUT2D eigenvalue weighted by Crippen LogP contribution is -2.25. The van der Waals surface area contributed by atoms with Crippen LogP contribution in [0.2, 0.25) is 0 Å². The van der Waals surface area contributed by atoms with Crippen LogP contribution in [0, 0.1) is 6.92 Å². The normalized spacial score (nSPS) is 14.8. The minimum Gasteiger partial charge on any atom is -0.504 e. The van der Waals surface area contributed by atoms with Crippen molar-refractivity contribution in [3.63, 3.8) is 0 Å². The number of fused-ring (bicyclic) bond motifs is 1. The fourth-order valence-electron chi connectivity index (χ4n) is 3.23. The predicted octanol–water partition coefficient (Wildman–Crippen LogP) is 3.56. The molecule has 5 nitrogen and oxygen atoms in total. The van der Waals surface area contributed by atoms with Crippen molar-refractivity contribution in [1.29, 1.82) is 0 Å². The first-order valence-electron chi connectivity index (χ1n) is 8.34. The SMILES string of the molecule is Cc1ccc(-c2cc(O)c3c(c2)CN(Cc2cnn(C)c2)CCO3)s1. The van der Waals surface area contributed by atoms with Gasteiger partial charge in [0.05, 0.1) is 6.20 Å². The van der Waals surface area contributed by atoms with Crippen molar-refractivity contribution in [3.05, 3.63) is 52.7 Å². The minimum absolute atomic E-state index is 0.224. The summed E-state index contributed by atoms with van der Waals surface area (Å²) in [5.41, 5.74) is 3.25. The van der Waals surface area contributed by atoms with Crippen LogP contribution < -0.4 is 4.74 Å². The number of aromatic nitrogens is 2. The van der Waals surface area contributed by atoms with Crippen LogP contribution in [0.4, 0.5) is 0 Å². The molecule has 4 rings (SSSR count). The van der Waals surface area contributed by atoms with Gasteiger partial charge in [-0.1, -0.05) is 0 Å². The zero-order valence-electron chi connectivity index (χ0n) is 14.4. The lowest BCUT2D eigenvalue weighted by molar-refractivity contribution is 0.217. The van der Waals surface area contributed by atoms with Crippen LogP contribution in [0.15, 0.2) is 36.7 Å². The number of rotatable bonds is 3. The Hall–Kier alpha value is -2.31. The highest BCUT2D eigenvalue weighted by molar-refractivity contribution is 7.15. The number of hydrogen-bond acceptors (Lipinski definition) is 5. The van der Waals surface area contributed by atoms with Gasteiger partial charge < -0.3 is 9.84 Å². The van der Waals surface area contributed by atoms with Crippen molar-refractivity contribution in [2.75, 3.05) is 13.2 Å². The largest absolute Gasteiger partial charge is 0.504 e. The van der Waals surface area contributed by atoms with E-state index < -0.39 is 0 Å². The van der Waals surface area contributed by atoms with Crippen LogP contribution in [0.3, 0.4) is 0 Å². The van der Waals surface area contributed by atoms with Gasteiger partial charge in [0.25, 0.3) is 0 Å². The van der Waals surface area contributed by atoms with Crippen LogP contribution in [-0.4, -0.2) is 32.9 Å². The second-order valence-corrected chi connectivity index (χ2v) is 7.76. The number of aromatic hydroxyl groups is 1. The van der Waals surface area contributed by atoms with E-state index in [0.717, 1.165) is 30.8 Å². The zero-order valence-corrected chi connectivity index (χ0v) is 15.2. The first-order chi connectivity index (χ1) is 12.1. The highest BCUT2D eigenvalue weighted by Crippen LogP contribution is 2.39. The van der Waals surface area contributed by atoms with Crippen LogP contribution in [0.5, 0.6) is 11.5 Å². The van der Waals surface area contributed by atoms with Crippen LogP contribution in [0.25, 0.3) is 10.4 Å². The smallest absolute Gasteiger partial charge is 0.165 e. The molecule has 1 aliphatic rings. The summed E-state index contributed by atoms with van der Waals surface area (Å²) in [5.74, 6) is 0.840. The maximum Gasteiger partial charge on any atom is 0.165 e. The molecule has 0 amide bonds. The fourth-order valence-corrected chi connectivity index (χ4v) is 4.09. The molecule has 2 aromatic heterocycles. The molecule has 0 bridgehead atoms. The maximum atomic E-state index is 10.5. The van der Waals surface area contributed by atoms with Gasteiger partial charge in [0.1, 0.15) is 6.61 Å². The Morgan fingerprint density at radius 1 is 1.32 bits per heavy atom. The van der Waals surface area contributed by atoms with Gasteiger partial charge >= 0.3 is 0 Å². The first-order valence-corrected chi connectivity index (χ1v) is 9.15. The van der Waals surface area contributed by atoms with Crippen molar-refractivity contribution >= 4 is 11.3 Å². The van der Waals surface area contributed by atoms with Gasteiger partial charge in [0.15, 0.2) is 11.5 Å². The van der Waals surface area contributed by atoms with E-state index in [1.807, 2.05) is 24.1 Å². The molecule has 1 aliphatic heterocycles. The number of ether oxygens (including phenoxy) is 1. The molecule has 3 heterocycles. The Morgan fingerprint density at radius 2 is 2.20 bits per heavy atom. The van der Waals surface area contributed by atoms with E-state index in [1.165, 1.54) is 15.3 Å². The van der Waals surface area contributed by atoms with Gasteiger partial charge in [-0.15, -0.1) is 11.3 Å². The summed E-state index contributed by atoms with van der Waals surface area (Å²) in [4.78, 5) is 4.75. The molecule has 25 heavy (non-hydrogen) atoms. The third-order valence-electron chi connectivity index (χ3n) is 4.38. The molecule has 1 aromatic carbocycles. The average molecular weight is 355 g/mol. The Bertz CT molecular complexity index is 900. The van der Waals surface area contributed by atoms with Gasteiger partial charge in [-0.05, 0) is 36.8 Å². The van der Waals surface area contributed by atoms with Crippen LogP contribution in [-0.2, 0) is 20.1 Å². The fraction of sp³-hybridized carbons (Fsp3) is 0.316. The Morgan fingerprint density at radius 3 is 2.92 bits per heavy atom. The second kappa shape index (κ2) is 6.54. The molecule has 1 N–H and O–H groups in total. The lowest BCUT2D eigenvalue weighted by Gasteiger charge is -2.18. The summed E-state index contributed by atoms with van der Waals surface area (Å²) in [7, 11) is 1.93. The average Bonchev–Trinajstić information content (AvgIpc) is 3.11. The van der Waals surface area contributed by atoms with Crippen LogP contribution >= 0.6 is 11.3 Å². The van der Waals surface area contributed by atoms with Crippen molar-refractivity contribution < 1.29 is 9.84 Å². The monoisotopic (exact) mass is 355 g/mol. The maximum absolute atomic E-state index is 10.5. The van der Waals surface area contributed by atoms with Gasteiger partial charge in [-0.25, -0.2) is 0 Å². The van der Waals surface area contributed by atoms with Crippen molar-refractivity contribution in [2.45, 2.75) is 20.0 Å². The molecular weight excluding hydrogens is 334 g/mol. The number of nitrogens with zero attached hydrogens (tertiary/aromatic N) is 3. The summed E-state index contributed by atoms with van der Waals surface area (Å²) in [6, 6.07) is 8.16. The zero-order chi connectivity index (χ0) is 17.4. The van der Waals surface area contributed by atoms with E-state index in [-0.39, 0.29) is 5.75 Å². The third kappa shape index (κ3) is 3.41. The van der Waals surface area contributed by atoms with E-state index in [9.17, 15) is 5.11 Å². The van der Waals surface area contributed by atoms with Gasteiger partial charge in [0, 0.05) is 53.8 Å². The summed E-state index contributed by atoms with van der Waals surface area (Å²) in [5, 5.41) is 14.7. The summed E-state index contributed by atoms with van der Waals surface area (Å²) >= 11 is 1.74. The lowest BCUT2D eigenvalue weighted by atomic mass is 10.1. The molecule has 130 valence electrons. The first kappa shape index (κ1) is 16.2. The molecule has 0 radical (unpaired) electrons. The highest BCUT2D eigenvalue weighted by atomic mass is 32.1. The Balaban J connectivity index is 1.63. The molecular formula is C19H21N3O2S.